The Labute approximate surface area is 146 Å². The summed E-state index contributed by atoms with van der Waals surface area (Å²) in [7, 11) is 0. The number of alkyl halides is 2. The summed E-state index contributed by atoms with van der Waals surface area (Å²) in [6.07, 6.45) is -3.19. The highest BCUT2D eigenvalue weighted by Gasteiger charge is 2.57. The molecule has 1 aliphatic rings. The number of nitrogens with one attached hydrogen (secondary N) is 1. The number of rotatable bonds is 2. The molecule has 8 nitrogen and oxygen atoms in total. The molecule has 0 bridgehead atoms. The van der Waals surface area contributed by atoms with Crippen LogP contribution in [0.1, 0.15) is 13.2 Å². The molecule has 0 saturated carbocycles. The number of aromatic nitrogens is 3. The Morgan fingerprint density at radius 1 is 1.68 bits per heavy atom. The number of aromatic amines is 1. The molecule has 5 N–H and O–H groups in total. The predicted molar refractivity (Wildman–Crippen MR) is 88.7 cm³/mol. The highest BCUT2D eigenvalue weighted by atomic mass is 35.5. The third-order valence-electron chi connectivity index (χ3n) is 4.06. The molecule has 0 aromatic carbocycles. The molecule has 1 fully saturated rings. The van der Waals surface area contributed by atoms with Gasteiger partial charge in [-0.25, -0.2) is 4.39 Å². The maximum Gasteiger partial charge on any atom is 0.261 e. The lowest BCUT2D eigenvalue weighted by Gasteiger charge is -2.26. The van der Waals surface area contributed by atoms with Gasteiger partial charge in [-0.05, 0) is 13.0 Å². The third kappa shape index (κ3) is 2.77. The van der Waals surface area contributed by atoms with Crippen LogP contribution in [0.15, 0.2) is 17.1 Å². The fourth-order valence-corrected chi connectivity index (χ4v) is 3.25. The molecule has 3 rings (SSSR count). The minimum Gasteiger partial charge on any atom is -0.391 e. The van der Waals surface area contributed by atoms with E-state index in [1.54, 1.807) is 0 Å². The molecule has 5 atom stereocenters. The lowest BCUT2D eigenvalue weighted by Crippen LogP contribution is -2.43. The van der Waals surface area contributed by atoms with Crippen LogP contribution in [0.5, 0.6) is 0 Å². The first-order valence-corrected chi connectivity index (χ1v) is 7.80. The number of halogens is 2. The smallest absolute Gasteiger partial charge is 0.261 e. The normalized spacial score (nSPS) is 30.2. The first-order valence-electron chi connectivity index (χ1n) is 7.42. The second-order valence-electron chi connectivity index (χ2n) is 5.75. The van der Waals surface area contributed by atoms with Gasteiger partial charge in [-0.3, -0.25) is 9.78 Å². The van der Waals surface area contributed by atoms with Crippen LogP contribution in [0.3, 0.4) is 0 Å². The fraction of sp³-hybridized carbons (Fsp3) is 0.467. The molecular formula is C15H16ClFN4O4. The Bertz CT molecular complexity index is 918. The summed E-state index contributed by atoms with van der Waals surface area (Å²) in [4.78, 5) is 16.6. The zero-order valence-electron chi connectivity index (χ0n) is 13.1. The summed E-state index contributed by atoms with van der Waals surface area (Å²) in [5.74, 6) is 4.54. The molecule has 134 valence electrons. The van der Waals surface area contributed by atoms with Crippen LogP contribution < -0.4 is 11.3 Å². The van der Waals surface area contributed by atoms with E-state index in [4.69, 9.17) is 22.1 Å². The molecular weight excluding hydrogens is 355 g/mol. The number of fused-ring (bicyclic) bond motifs is 1. The zero-order chi connectivity index (χ0) is 18.4. The van der Waals surface area contributed by atoms with Crippen molar-refractivity contribution in [3.8, 4) is 11.8 Å². The SMILES string of the molecule is C[C@@H](O)[C@H]1O[C@@H](n2ccc3c(=O)[nH]c(N)nc32)[C@@](Cl)(C#CCF)C1O. The number of ether oxygens (including phenoxy) is 1. The molecule has 1 unspecified atom stereocenters. The molecule has 0 radical (unpaired) electrons. The number of aliphatic hydroxyl groups is 2. The van der Waals surface area contributed by atoms with Crippen molar-refractivity contribution in [1.82, 2.24) is 14.5 Å². The summed E-state index contributed by atoms with van der Waals surface area (Å²) in [6, 6.07) is 1.48. The second kappa shape index (κ2) is 6.31. The van der Waals surface area contributed by atoms with Crippen LogP contribution in [0.4, 0.5) is 10.3 Å². The van der Waals surface area contributed by atoms with Crippen LogP contribution in [0.2, 0.25) is 0 Å². The van der Waals surface area contributed by atoms with Crippen molar-refractivity contribution in [1.29, 1.82) is 0 Å². The molecule has 2 aromatic rings. The second-order valence-corrected chi connectivity index (χ2v) is 6.38. The zero-order valence-corrected chi connectivity index (χ0v) is 13.9. The highest BCUT2D eigenvalue weighted by Crippen LogP contribution is 2.45. The van der Waals surface area contributed by atoms with Crippen LogP contribution in [-0.4, -0.2) is 54.6 Å². The topological polar surface area (TPSA) is 126 Å². The van der Waals surface area contributed by atoms with Crippen molar-refractivity contribution in [3.63, 3.8) is 0 Å². The van der Waals surface area contributed by atoms with Gasteiger partial charge in [0.25, 0.3) is 5.56 Å². The molecule has 1 saturated heterocycles. The van der Waals surface area contributed by atoms with Crippen molar-refractivity contribution in [2.24, 2.45) is 0 Å². The van der Waals surface area contributed by atoms with Crippen LogP contribution in [0, 0.1) is 11.8 Å². The minimum absolute atomic E-state index is 0.113. The summed E-state index contributed by atoms with van der Waals surface area (Å²) >= 11 is 6.48. The molecule has 0 spiro atoms. The average Bonchev–Trinajstić information content (AvgIpc) is 3.06. The largest absolute Gasteiger partial charge is 0.391 e. The van der Waals surface area contributed by atoms with Crippen molar-refractivity contribution < 1.29 is 19.3 Å². The average molecular weight is 371 g/mol. The third-order valence-corrected chi connectivity index (χ3v) is 4.57. The molecule has 2 aromatic heterocycles. The van der Waals surface area contributed by atoms with Crippen LogP contribution in [0.25, 0.3) is 11.0 Å². The van der Waals surface area contributed by atoms with E-state index < -0.39 is 41.6 Å². The molecule has 10 heteroatoms. The van der Waals surface area contributed by atoms with E-state index in [9.17, 15) is 19.4 Å². The number of hydrogen-bond acceptors (Lipinski definition) is 6. The van der Waals surface area contributed by atoms with E-state index in [1.807, 2.05) is 0 Å². The van der Waals surface area contributed by atoms with E-state index >= 15 is 0 Å². The number of nitrogens with two attached hydrogens (primary N) is 1. The number of H-pyrrole nitrogens is 1. The Morgan fingerprint density at radius 3 is 3.04 bits per heavy atom. The molecule has 0 aliphatic carbocycles. The molecule has 25 heavy (non-hydrogen) atoms. The summed E-state index contributed by atoms with van der Waals surface area (Å²) < 4.78 is 19.6. The lowest BCUT2D eigenvalue weighted by atomic mass is 9.96. The van der Waals surface area contributed by atoms with Gasteiger partial charge in [-0.2, -0.15) is 4.98 Å². The van der Waals surface area contributed by atoms with Gasteiger partial charge in [0, 0.05) is 6.20 Å². The van der Waals surface area contributed by atoms with Crippen LogP contribution in [-0.2, 0) is 4.74 Å². The van der Waals surface area contributed by atoms with Crippen molar-refractivity contribution >= 4 is 28.6 Å². The van der Waals surface area contributed by atoms with Gasteiger partial charge in [0.2, 0.25) is 5.95 Å². The monoisotopic (exact) mass is 370 g/mol. The first-order chi connectivity index (χ1) is 11.8. The maximum atomic E-state index is 12.5. The number of nitrogen functional groups attached to an aromatic ring is 1. The van der Waals surface area contributed by atoms with Crippen molar-refractivity contribution in [3.05, 3.63) is 22.6 Å². The summed E-state index contributed by atoms with van der Waals surface area (Å²) in [5, 5.41) is 20.5. The maximum absolute atomic E-state index is 12.5. The Kier molecular flexibility index (Phi) is 4.47. The quantitative estimate of drug-likeness (QED) is 0.432. The van der Waals surface area contributed by atoms with Crippen LogP contribution >= 0.6 is 11.6 Å². The number of nitrogens with zero attached hydrogens (tertiary/aromatic N) is 2. The van der Waals surface area contributed by atoms with Crippen molar-refractivity contribution in [2.75, 3.05) is 12.4 Å². The van der Waals surface area contributed by atoms with Gasteiger partial charge in [-0.1, -0.05) is 23.4 Å². The Morgan fingerprint density at radius 2 is 2.40 bits per heavy atom. The van der Waals surface area contributed by atoms with E-state index in [0.29, 0.717) is 0 Å². The van der Waals surface area contributed by atoms with Crippen molar-refractivity contribution in [2.45, 2.75) is 36.3 Å². The van der Waals surface area contributed by atoms with Gasteiger partial charge in [0.1, 0.15) is 18.9 Å². The van der Waals surface area contributed by atoms with Gasteiger partial charge >= 0.3 is 0 Å². The molecule has 0 amide bonds. The van der Waals surface area contributed by atoms with E-state index in [-0.39, 0.29) is 17.0 Å². The minimum atomic E-state index is -1.75. The van der Waals surface area contributed by atoms with Gasteiger partial charge in [0.05, 0.1) is 11.5 Å². The number of hydrogen-bond donors (Lipinski definition) is 4. The summed E-state index contributed by atoms with van der Waals surface area (Å²) in [6.45, 7) is 0.454. The fourth-order valence-electron chi connectivity index (χ4n) is 2.91. The van der Waals surface area contributed by atoms with Gasteiger partial charge < -0.3 is 25.3 Å². The van der Waals surface area contributed by atoms with E-state index in [2.05, 4.69) is 21.8 Å². The molecule has 1 aliphatic heterocycles. The Hall–Kier alpha value is -2.12. The number of anilines is 1. The van der Waals surface area contributed by atoms with Gasteiger partial charge in [-0.15, -0.1) is 0 Å². The highest BCUT2D eigenvalue weighted by molar-refractivity contribution is 6.27. The predicted octanol–water partition coefficient (Wildman–Crippen LogP) is -0.104. The first kappa shape index (κ1) is 17.7. The Balaban J connectivity index is 2.18. The summed E-state index contributed by atoms with van der Waals surface area (Å²) in [5.41, 5.74) is 5.29. The van der Waals surface area contributed by atoms with E-state index in [0.717, 1.165) is 0 Å². The molecule has 3 heterocycles. The lowest BCUT2D eigenvalue weighted by molar-refractivity contribution is -0.0751. The standard InChI is InChI=1S/C15H16ClFN4O4/c1-7(22)9-10(23)15(16,4-2-5-17)13(25-9)21-6-3-8-11(21)19-14(18)20-12(8)24/h3,6-7,9-10,13,22-23H,5H2,1H3,(H3,18,19,20,24)/t7-,9-,10?,13-,15-/m1/s1. The van der Waals surface area contributed by atoms with Gasteiger partial charge in [0.15, 0.2) is 16.7 Å². The van der Waals surface area contributed by atoms with E-state index in [1.165, 1.54) is 23.8 Å². The number of aliphatic hydroxyl groups excluding tert-OH is 2.